The van der Waals surface area contributed by atoms with E-state index in [2.05, 4.69) is 4.74 Å². The van der Waals surface area contributed by atoms with Crippen molar-refractivity contribution >= 4 is 33.3 Å². The Balaban J connectivity index is 2.48. The number of alkyl halides is 3. The summed E-state index contributed by atoms with van der Waals surface area (Å²) in [5.41, 5.74) is 0.150. The molecule has 0 atom stereocenters. The quantitative estimate of drug-likeness (QED) is 0.518. The topological polar surface area (TPSA) is 55.8 Å². The number of carbonyl (C=O) groups excluding carboxylic acids is 2. The molecule has 10 heteroatoms. The molecule has 0 aliphatic rings. The molecule has 0 aliphatic heterocycles. The van der Waals surface area contributed by atoms with Crippen LogP contribution in [0.5, 0.6) is 0 Å². The van der Waals surface area contributed by atoms with E-state index in [0.717, 1.165) is 11.3 Å². The lowest BCUT2D eigenvalue weighted by Crippen LogP contribution is -2.42. The molecule has 1 heterocycles. The number of halogens is 4. The van der Waals surface area contributed by atoms with Crippen molar-refractivity contribution in [3.63, 3.8) is 0 Å². The van der Waals surface area contributed by atoms with Crippen LogP contribution in [0.15, 0.2) is 18.2 Å². The summed E-state index contributed by atoms with van der Waals surface area (Å²) < 4.78 is 63.0. The first-order valence-electron chi connectivity index (χ1n) is 7.88. The highest BCUT2D eigenvalue weighted by atomic mass is 32.1. The number of benzene rings is 1. The van der Waals surface area contributed by atoms with E-state index in [0.29, 0.717) is 9.60 Å². The maximum atomic E-state index is 14.2. The number of rotatable bonds is 7. The summed E-state index contributed by atoms with van der Waals surface area (Å²) in [5.74, 6) is -2.61. The minimum atomic E-state index is -4.72. The van der Waals surface area contributed by atoms with Gasteiger partial charge in [0, 0.05) is 22.8 Å². The molecule has 27 heavy (non-hydrogen) atoms. The van der Waals surface area contributed by atoms with Crippen LogP contribution in [-0.2, 0) is 20.9 Å². The predicted molar refractivity (Wildman–Crippen MR) is 91.1 cm³/mol. The molecule has 2 aromatic rings. The first kappa shape index (κ1) is 21.1. The average molecular weight is 407 g/mol. The summed E-state index contributed by atoms with van der Waals surface area (Å²) in [5, 5.41) is 0.121. The largest absolute Gasteiger partial charge is 0.465 e. The van der Waals surface area contributed by atoms with Gasteiger partial charge in [0.1, 0.15) is 18.9 Å². The lowest BCUT2D eigenvalue weighted by atomic mass is 10.1. The third-order valence-electron chi connectivity index (χ3n) is 3.53. The van der Waals surface area contributed by atoms with Gasteiger partial charge in [-0.1, -0.05) is 6.07 Å². The molecule has 1 aromatic heterocycles. The molecule has 0 N–H and O–H groups in total. The van der Waals surface area contributed by atoms with Crippen LogP contribution in [0.3, 0.4) is 0 Å². The number of hydrogen-bond donors (Lipinski definition) is 0. The number of nitrogens with zero attached hydrogens (tertiary/aromatic N) is 1. The van der Waals surface area contributed by atoms with Crippen LogP contribution in [0, 0.1) is 5.82 Å². The van der Waals surface area contributed by atoms with E-state index < -0.39 is 37.0 Å². The van der Waals surface area contributed by atoms with Crippen molar-refractivity contribution in [1.82, 2.24) is 4.90 Å². The van der Waals surface area contributed by atoms with Crippen LogP contribution in [-0.4, -0.2) is 49.8 Å². The Morgan fingerprint density at radius 1 is 1.26 bits per heavy atom. The number of fused-ring (bicyclic) bond motifs is 1. The van der Waals surface area contributed by atoms with E-state index in [4.69, 9.17) is 4.74 Å². The third-order valence-corrected chi connectivity index (χ3v) is 4.71. The summed E-state index contributed by atoms with van der Waals surface area (Å²) >= 11 is 0.850. The zero-order valence-electron chi connectivity index (χ0n) is 14.6. The van der Waals surface area contributed by atoms with Crippen molar-refractivity contribution in [2.24, 2.45) is 0 Å². The Hall–Kier alpha value is -2.20. The van der Waals surface area contributed by atoms with Gasteiger partial charge in [0.25, 0.3) is 5.91 Å². The van der Waals surface area contributed by atoms with Gasteiger partial charge in [-0.2, -0.15) is 13.2 Å². The number of carbonyl (C=O) groups is 2. The molecule has 2 rings (SSSR count). The molecule has 0 spiro atoms. The Morgan fingerprint density at radius 2 is 1.96 bits per heavy atom. The molecule has 148 valence electrons. The number of ether oxygens (including phenoxy) is 2. The lowest BCUT2D eigenvalue weighted by Gasteiger charge is -2.23. The van der Waals surface area contributed by atoms with Crippen LogP contribution < -0.4 is 0 Å². The normalized spacial score (nSPS) is 11.6. The van der Waals surface area contributed by atoms with Crippen molar-refractivity contribution in [3.8, 4) is 0 Å². The Kier molecular flexibility index (Phi) is 6.77. The van der Waals surface area contributed by atoms with E-state index in [1.54, 1.807) is 6.07 Å². The van der Waals surface area contributed by atoms with E-state index in [-0.39, 0.29) is 29.0 Å². The SMILES string of the molecule is CCOC(=O)CN(CC(F)(F)F)C(=O)c1sc2cccc(F)c2c1COC. The number of amides is 1. The van der Waals surface area contributed by atoms with Gasteiger partial charge < -0.3 is 14.4 Å². The summed E-state index contributed by atoms with van der Waals surface area (Å²) in [6, 6.07) is 4.18. The number of methoxy groups -OCH3 is 1. The number of thiophene rings is 1. The van der Waals surface area contributed by atoms with Crippen molar-refractivity contribution < 1.29 is 36.6 Å². The molecule has 0 unspecified atom stereocenters. The van der Waals surface area contributed by atoms with E-state index in [1.807, 2.05) is 0 Å². The standard InChI is InChI=1S/C17H17F4NO4S/c1-3-26-13(23)7-22(9-17(19,20)21)16(24)15-10(8-25-2)14-11(18)5-4-6-12(14)27-15/h4-6H,3,7-9H2,1-2H3. The van der Waals surface area contributed by atoms with Crippen molar-refractivity contribution in [2.75, 3.05) is 26.8 Å². The third kappa shape index (κ3) is 5.16. The smallest absolute Gasteiger partial charge is 0.406 e. The highest BCUT2D eigenvalue weighted by Crippen LogP contribution is 2.35. The Labute approximate surface area is 156 Å². The van der Waals surface area contributed by atoms with Crippen molar-refractivity contribution in [1.29, 1.82) is 0 Å². The molecule has 1 aromatic carbocycles. The molecule has 0 bridgehead atoms. The Bertz CT molecular complexity index is 834. The van der Waals surface area contributed by atoms with Gasteiger partial charge in [-0.3, -0.25) is 9.59 Å². The summed E-state index contributed by atoms with van der Waals surface area (Å²) in [4.78, 5) is 24.7. The van der Waals surface area contributed by atoms with Crippen LogP contribution >= 0.6 is 11.3 Å². The van der Waals surface area contributed by atoms with Gasteiger partial charge >= 0.3 is 12.1 Å². The van der Waals surface area contributed by atoms with Crippen LogP contribution in [0.4, 0.5) is 17.6 Å². The fraction of sp³-hybridized carbons (Fsp3) is 0.412. The van der Waals surface area contributed by atoms with Gasteiger partial charge in [0.2, 0.25) is 0 Å². The second-order valence-electron chi connectivity index (χ2n) is 5.54. The molecule has 0 aliphatic carbocycles. The number of esters is 1. The predicted octanol–water partition coefficient (Wildman–Crippen LogP) is 3.75. The minimum Gasteiger partial charge on any atom is -0.465 e. The molecule has 0 saturated carbocycles. The van der Waals surface area contributed by atoms with Crippen LogP contribution in [0.25, 0.3) is 10.1 Å². The summed E-state index contributed by atoms with van der Waals surface area (Å²) in [6.07, 6.45) is -4.72. The van der Waals surface area contributed by atoms with Crippen molar-refractivity contribution in [3.05, 3.63) is 34.5 Å². The maximum Gasteiger partial charge on any atom is 0.406 e. The number of hydrogen-bond acceptors (Lipinski definition) is 5. The van der Waals surface area contributed by atoms with Gasteiger partial charge in [0.05, 0.1) is 18.1 Å². The zero-order valence-corrected chi connectivity index (χ0v) is 15.4. The van der Waals surface area contributed by atoms with Crippen LogP contribution in [0.2, 0.25) is 0 Å². The highest BCUT2D eigenvalue weighted by Gasteiger charge is 2.36. The van der Waals surface area contributed by atoms with E-state index in [9.17, 15) is 27.2 Å². The van der Waals surface area contributed by atoms with Gasteiger partial charge in [0.15, 0.2) is 0 Å². The fourth-order valence-electron chi connectivity index (χ4n) is 2.54. The minimum absolute atomic E-state index is 0.0318. The van der Waals surface area contributed by atoms with Gasteiger partial charge in [-0.05, 0) is 19.1 Å². The maximum absolute atomic E-state index is 14.2. The molecular formula is C17H17F4NO4S. The molecule has 5 nitrogen and oxygen atoms in total. The average Bonchev–Trinajstić information content (AvgIpc) is 2.93. The van der Waals surface area contributed by atoms with Crippen LogP contribution in [0.1, 0.15) is 22.2 Å². The molecule has 0 fully saturated rings. The lowest BCUT2D eigenvalue weighted by molar-refractivity contribution is -0.153. The van der Waals surface area contributed by atoms with Gasteiger partial charge in [-0.25, -0.2) is 4.39 Å². The second kappa shape index (κ2) is 8.66. The zero-order chi connectivity index (χ0) is 20.2. The molecular weight excluding hydrogens is 390 g/mol. The van der Waals surface area contributed by atoms with E-state index >= 15 is 0 Å². The van der Waals surface area contributed by atoms with Gasteiger partial charge in [-0.15, -0.1) is 11.3 Å². The molecule has 1 amide bonds. The summed E-state index contributed by atoms with van der Waals surface area (Å²) in [7, 11) is 1.32. The molecule has 0 radical (unpaired) electrons. The molecule has 0 saturated heterocycles. The van der Waals surface area contributed by atoms with Crippen molar-refractivity contribution in [2.45, 2.75) is 19.7 Å². The first-order valence-corrected chi connectivity index (χ1v) is 8.70. The Morgan fingerprint density at radius 3 is 2.56 bits per heavy atom. The monoisotopic (exact) mass is 407 g/mol. The van der Waals surface area contributed by atoms with E-state index in [1.165, 1.54) is 26.2 Å². The summed E-state index contributed by atoms with van der Waals surface area (Å²) in [6.45, 7) is -1.19. The second-order valence-corrected chi connectivity index (χ2v) is 6.59. The first-order chi connectivity index (χ1) is 12.7. The fourth-order valence-corrected chi connectivity index (χ4v) is 3.73. The highest BCUT2D eigenvalue weighted by molar-refractivity contribution is 7.21.